The lowest BCUT2D eigenvalue weighted by molar-refractivity contribution is 0.100. The van der Waals surface area contributed by atoms with Gasteiger partial charge < -0.3 is 20.9 Å². The van der Waals surface area contributed by atoms with Crippen molar-refractivity contribution in [2.45, 2.75) is 39.5 Å². The molecule has 0 aliphatic heterocycles. The lowest BCUT2D eigenvalue weighted by atomic mass is 10.0. The van der Waals surface area contributed by atoms with E-state index in [2.05, 4.69) is 6.92 Å². The van der Waals surface area contributed by atoms with E-state index in [9.17, 15) is 4.79 Å². The minimum absolute atomic E-state index is 0.314. The van der Waals surface area contributed by atoms with Gasteiger partial charge >= 0.3 is 0 Å². The van der Waals surface area contributed by atoms with Crippen molar-refractivity contribution in [2.24, 2.45) is 5.73 Å². The number of nitrogen functional groups attached to an aromatic ring is 1. The zero-order valence-electron chi connectivity index (χ0n) is 15.4. The number of amides is 1. The van der Waals surface area contributed by atoms with Gasteiger partial charge in [-0.15, -0.1) is 0 Å². The fourth-order valence-electron chi connectivity index (χ4n) is 2.78. The molecule has 6 heteroatoms. The lowest BCUT2D eigenvalue weighted by Crippen LogP contribution is -2.10. The van der Waals surface area contributed by atoms with Gasteiger partial charge in [-0.05, 0) is 49.6 Å². The quantitative estimate of drug-likeness (QED) is 0.508. The van der Waals surface area contributed by atoms with Crippen LogP contribution in [0.15, 0.2) is 24.3 Å². The van der Waals surface area contributed by atoms with E-state index < -0.39 is 5.91 Å². The number of hydrogen-bond donors (Lipinski definition) is 2. The van der Waals surface area contributed by atoms with Crippen molar-refractivity contribution in [1.82, 2.24) is 0 Å². The van der Waals surface area contributed by atoms with E-state index in [0.29, 0.717) is 33.5 Å². The molecule has 2 aromatic carbocycles. The van der Waals surface area contributed by atoms with Gasteiger partial charge in [0.15, 0.2) is 0 Å². The van der Waals surface area contributed by atoms with E-state index >= 15 is 0 Å². The van der Waals surface area contributed by atoms with Crippen LogP contribution in [-0.2, 0) is 6.42 Å². The van der Waals surface area contributed by atoms with Gasteiger partial charge in [0, 0.05) is 11.1 Å². The topological polar surface area (TPSA) is 87.6 Å². The number of halogens is 1. The summed E-state index contributed by atoms with van der Waals surface area (Å²) in [7, 11) is 1.60. The van der Waals surface area contributed by atoms with Crippen LogP contribution in [0.3, 0.4) is 0 Å². The van der Waals surface area contributed by atoms with Crippen molar-refractivity contribution in [3.63, 3.8) is 0 Å². The Morgan fingerprint density at radius 1 is 1.19 bits per heavy atom. The summed E-state index contributed by atoms with van der Waals surface area (Å²) >= 11 is 6.26. The molecule has 0 spiro atoms. The van der Waals surface area contributed by atoms with Crippen molar-refractivity contribution in [2.75, 3.05) is 12.8 Å². The number of ether oxygens (including phenoxy) is 2. The number of hydrogen-bond acceptors (Lipinski definition) is 4. The third-order valence-electron chi connectivity index (χ3n) is 4.26. The molecule has 2 rings (SSSR count). The van der Waals surface area contributed by atoms with E-state index in [1.807, 2.05) is 13.0 Å². The molecule has 0 aliphatic rings. The molecule has 0 saturated carbocycles. The molecular weight excluding hydrogens is 352 g/mol. The van der Waals surface area contributed by atoms with Gasteiger partial charge in [-0.25, -0.2) is 0 Å². The van der Waals surface area contributed by atoms with Crippen molar-refractivity contribution in [3.05, 3.63) is 46.0 Å². The van der Waals surface area contributed by atoms with Gasteiger partial charge in [0.25, 0.3) is 0 Å². The number of benzene rings is 2. The molecule has 0 saturated heterocycles. The second kappa shape index (κ2) is 8.81. The Hall–Kier alpha value is -2.40. The number of methoxy groups -OCH3 is 1. The standard InChI is InChI=1S/C20H25ClN2O3/c1-4-5-6-7-14-17(10-12(2)18(22)19(14)25-3)26-16-9-8-13(20(23)24)11-15(16)21/h8-11H,4-7,22H2,1-3H3,(H2,23,24). The van der Waals surface area contributed by atoms with E-state index in [-0.39, 0.29) is 0 Å². The van der Waals surface area contributed by atoms with Crippen LogP contribution in [0.25, 0.3) is 0 Å². The summed E-state index contributed by atoms with van der Waals surface area (Å²) in [6.07, 6.45) is 4.00. The van der Waals surface area contributed by atoms with Gasteiger partial charge in [0.2, 0.25) is 5.91 Å². The highest BCUT2D eigenvalue weighted by molar-refractivity contribution is 6.32. The van der Waals surface area contributed by atoms with E-state index in [0.717, 1.165) is 36.8 Å². The molecule has 1 amide bonds. The maximum Gasteiger partial charge on any atom is 0.248 e. The third kappa shape index (κ3) is 4.41. The predicted molar refractivity (Wildman–Crippen MR) is 105 cm³/mol. The maximum atomic E-state index is 11.3. The van der Waals surface area contributed by atoms with Gasteiger partial charge in [-0.3, -0.25) is 4.79 Å². The first-order valence-electron chi connectivity index (χ1n) is 8.62. The first-order chi connectivity index (χ1) is 12.4. The van der Waals surface area contributed by atoms with Crippen LogP contribution < -0.4 is 20.9 Å². The van der Waals surface area contributed by atoms with Crippen LogP contribution >= 0.6 is 11.6 Å². The molecule has 0 heterocycles. The SMILES string of the molecule is CCCCCc1c(Oc2ccc(C(N)=O)cc2Cl)cc(C)c(N)c1OC. The minimum Gasteiger partial charge on any atom is -0.494 e. The smallest absolute Gasteiger partial charge is 0.248 e. The third-order valence-corrected chi connectivity index (χ3v) is 4.55. The van der Waals surface area contributed by atoms with Crippen LogP contribution in [0, 0.1) is 6.92 Å². The summed E-state index contributed by atoms with van der Waals surface area (Å²) in [5, 5.41) is 0.314. The molecule has 26 heavy (non-hydrogen) atoms. The molecular formula is C20H25ClN2O3. The second-order valence-electron chi connectivity index (χ2n) is 6.19. The number of anilines is 1. The van der Waals surface area contributed by atoms with E-state index in [4.69, 9.17) is 32.5 Å². The van der Waals surface area contributed by atoms with Crippen LogP contribution in [-0.4, -0.2) is 13.0 Å². The summed E-state index contributed by atoms with van der Waals surface area (Å²) in [5.41, 5.74) is 14.2. The Labute approximate surface area is 159 Å². The maximum absolute atomic E-state index is 11.3. The van der Waals surface area contributed by atoms with Gasteiger partial charge in [-0.2, -0.15) is 0 Å². The van der Waals surface area contributed by atoms with E-state index in [1.165, 1.54) is 6.07 Å². The molecule has 5 nitrogen and oxygen atoms in total. The first-order valence-corrected chi connectivity index (χ1v) is 9.00. The number of carbonyl (C=O) groups excluding carboxylic acids is 1. The molecule has 2 aromatic rings. The Morgan fingerprint density at radius 2 is 1.92 bits per heavy atom. The molecule has 0 aliphatic carbocycles. The van der Waals surface area contributed by atoms with Crippen molar-refractivity contribution >= 4 is 23.2 Å². The molecule has 0 atom stereocenters. The normalized spacial score (nSPS) is 10.6. The minimum atomic E-state index is -0.538. The first kappa shape index (κ1) is 19.9. The molecule has 0 radical (unpaired) electrons. The summed E-state index contributed by atoms with van der Waals surface area (Å²) < 4.78 is 11.6. The Kier molecular flexibility index (Phi) is 6.75. The number of aryl methyl sites for hydroxylation is 1. The summed E-state index contributed by atoms with van der Waals surface area (Å²) in [4.78, 5) is 11.3. The number of carbonyl (C=O) groups is 1. The van der Waals surface area contributed by atoms with Crippen LogP contribution in [0.1, 0.15) is 47.7 Å². The summed E-state index contributed by atoms with van der Waals surface area (Å²) in [6, 6.07) is 6.60. The Bertz CT molecular complexity index is 806. The largest absolute Gasteiger partial charge is 0.494 e. The predicted octanol–water partition coefficient (Wildman–Crippen LogP) is 4.86. The number of unbranched alkanes of at least 4 members (excludes halogenated alkanes) is 2. The van der Waals surface area contributed by atoms with Crippen LogP contribution in [0.5, 0.6) is 17.2 Å². The number of rotatable bonds is 8. The van der Waals surface area contributed by atoms with Crippen molar-refractivity contribution in [3.8, 4) is 17.2 Å². The van der Waals surface area contributed by atoms with Gasteiger partial charge in [-0.1, -0.05) is 31.4 Å². The average molecular weight is 377 g/mol. The molecule has 0 fully saturated rings. The van der Waals surface area contributed by atoms with Crippen molar-refractivity contribution < 1.29 is 14.3 Å². The molecule has 140 valence electrons. The Balaban J connectivity index is 2.44. The highest BCUT2D eigenvalue weighted by Crippen LogP contribution is 2.41. The fourth-order valence-corrected chi connectivity index (χ4v) is 3.00. The highest BCUT2D eigenvalue weighted by Gasteiger charge is 2.18. The Morgan fingerprint density at radius 3 is 2.50 bits per heavy atom. The highest BCUT2D eigenvalue weighted by atomic mass is 35.5. The van der Waals surface area contributed by atoms with Gasteiger partial charge in [0.05, 0.1) is 17.8 Å². The number of nitrogens with two attached hydrogens (primary N) is 2. The lowest BCUT2D eigenvalue weighted by Gasteiger charge is -2.19. The fraction of sp³-hybridized carbons (Fsp3) is 0.350. The van der Waals surface area contributed by atoms with Crippen LogP contribution in [0.4, 0.5) is 5.69 Å². The molecule has 4 N–H and O–H groups in total. The molecule has 0 unspecified atom stereocenters. The average Bonchev–Trinajstić information content (AvgIpc) is 2.60. The zero-order chi connectivity index (χ0) is 19.3. The number of primary amides is 1. The molecule has 0 aromatic heterocycles. The zero-order valence-corrected chi connectivity index (χ0v) is 16.2. The van der Waals surface area contributed by atoms with E-state index in [1.54, 1.807) is 19.2 Å². The summed E-state index contributed by atoms with van der Waals surface area (Å²) in [6.45, 7) is 4.05. The van der Waals surface area contributed by atoms with Crippen LogP contribution in [0.2, 0.25) is 5.02 Å². The second-order valence-corrected chi connectivity index (χ2v) is 6.59. The van der Waals surface area contributed by atoms with Gasteiger partial charge in [0.1, 0.15) is 17.2 Å². The van der Waals surface area contributed by atoms with Crippen molar-refractivity contribution in [1.29, 1.82) is 0 Å². The monoisotopic (exact) mass is 376 g/mol. The summed E-state index contributed by atoms with van der Waals surface area (Å²) in [5.74, 6) is 1.20. The molecule has 0 bridgehead atoms.